The van der Waals surface area contributed by atoms with Crippen molar-refractivity contribution >= 4 is 22.6 Å². The fraction of sp³-hybridized carbons (Fsp3) is 0.167. The topological polar surface area (TPSA) is 32.9 Å². The number of H-pyrrole nitrogens is 1. The zero-order chi connectivity index (χ0) is 9.30. The first-order valence-corrected chi connectivity index (χ1v) is 3.96. The highest BCUT2D eigenvalue weighted by Crippen LogP contribution is 2.17. The molecule has 0 saturated heterocycles. The van der Waals surface area contributed by atoms with Crippen molar-refractivity contribution in [3.8, 4) is 0 Å². The number of nitrogens with one attached hydrogen (secondary N) is 1. The molecule has 1 heterocycles. The molecule has 0 saturated carbocycles. The van der Waals surface area contributed by atoms with E-state index in [1.54, 1.807) is 4.98 Å². The van der Waals surface area contributed by atoms with Crippen LogP contribution in [0, 0.1) is 9.39 Å². The first-order valence-electron chi connectivity index (χ1n) is 2.88. The van der Waals surface area contributed by atoms with E-state index in [-0.39, 0.29) is 3.57 Å². The molecule has 0 aliphatic heterocycles. The smallest absolute Gasteiger partial charge is 0.285 e. The number of alkyl halides is 2. The Kier molecular flexibility index (Phi) is 2.76. The van der Waals surface area contributed by atoms with Crippen molar-refractivity contribution in [3.63, 3.8) is 0 Å². The minimum atomic E-state index is -2.79. The molecule has 2 nitrogen and oxygen atoms in total. The van der Waals surface area contributed by atoms with E-state index in [0.717, 1.165) is 6.07 Å². The molecule has 0 fully saturated rings. The molecule has 0 radical (unpaired) electrons. The summed E-state index contributed by atoms with van der Waals surface area (Å²) in [6, 6.07) is 0.905. The molecular weight excluding hydrogens is 286 g/mol. The number of aromatic amines is 1. The Morgan fingerprint density at radius 2 is 2.08 bits per heavy atom. The van der Waals surface area contributed by atoms with Crippen molar-refractivity contribution in [1.29, 1.82) is 0 Å². The van der Waals surface area contributed by atoms with Crippen LogP contribution in [0.1, 0.15) is 12.1 Å². The molecule has 0 bridgehead atoms. The van der Waals surface area contributed by atoms with Gasteiger partial charge >= 0.3 is 0 Å². The first-order chi connectivity index (χ1) is 5.52. The average molecular weight is 289 g/mol. The molecule has 66 valence electrons. The molecule has 0 unspecified atom stereocenters. The lowest BCUT2D eigenvalue weighted by molar-refractivity contribution is 0.145. The molecule has 12 heavy (non-hydrogen) atoms. The van der Waals surface area contributed by atoms with Gasteiger partial charge in [0.1, 0.15) is 0 Å². The fourth-order valence-corrected chi connectivity index (χ4v) is 1.23. The van der Waals surface area contributed by atoms with Gasteiger partial charge in [-0.15, -0.1) is 0 Å². The minimum absolute atomic E-state index is 0.105. The van der Waals surface area contributed by atoms with Crippen molar-refractivity contribution in [2.24, 2.45) is 0 Å². The van der Waals surface area contributed by atoms with E-state index in [0.29, 0.717) is 0 Å². The zero-order valence-electron chi connectivity index (χ0n) is 5.57. The summed E-state index contributed by atoms with van der Waals surface area (Å²) in [7, 11) is 0. The summed E-state index contributed by atoms with van der Waals surface area (Å²) < 4.78 is 36.4. The van der Waals surface area contributed by atoms with Crippen molar-refractivity contribution < 1.29 is 13.2 Å². The van der Waals surface area contributed by atoms with Gasteiger partial charge < -0.3 is 4.98 Å². The van der Waals surface area contributed by atoms with Crippen molar-refractivity contribution in [1.82, 2.24) is 4.98 Å². The normalized spacial score (nSPS) is 10.8. The van der Waals surface area contributed by atoms with E-state index in [1.165, 1.54) is 22.6 Å². The minimum Gasteiger partial charge on any atom is -0.318 e. The maximum absolute atomic E-state index is 12.6. The number of hydrogen-bond acceptors (Lipinski definition) is 1. The molecular formula is C6H3F3INO. The Labute approximate surface area is 78.9 Å². The van der Waals surface area contributed by atoms with Crippen LogP contribution in [0.3, 0.4) is 0 Å². The van der Waals surface area contributed by atoms with E-state index in [4.69, 9.17) is 0 Å². The predicted octanol–water partition coefficient (Wildman–Crippen LogP) is 2.06. The van der Waals surface area contributed by atoms with Gasteiger partial charge in [-0.25, -0.2) is 8.78 Å². The molecule has 0 aliphatic carbocycles. The number of halogens is 4. The molecule has 6 heteroatoms. The second-order valence-corrected chi connectivity index (χ2v) is 3.18. The summed E-state index contributed by atoms with van der Waals surface area (Å²) in [5, 5.41) is 0. The van der Waals surface area contributed by atoms with Crippen molar-refractivity contribution in [2.75, 3.05) is 0 Å². The van der Waals surface area contributed by atoms with Gasteiger partial charge in [0.05, 0.1) is 9.26 Å². The molecule has 0 atom stereocenters. The van der Waals surface area contributed by atoms with Crippen LogP contribution in [0.2, 0.25) is 0 Å². The standard InChI is InChI=1S/C6H3F3INO/c7-4-2(10)1-3(5(8)9)11-6(4)12/h1,5H,(H,11,12). The van der Waals surface area contributed by atoms with Crippen LogP contribution in [0.4, 0.5) is 13.2 Å². The zero-order valence-corrected chi connectivity index (χ0v) is 7.73. The van der Waals surface area contributed by atoms with Crippen molar-refractivity contribution in [2.45, 2.75) is 6.43 Å². The molecule has 1 aromatic rings. The van der Waals surface area contributed by atoms with Crippen LogP contribution >= 0.6 is 22.6 Å². The van der Waals surface area contributed by atoms with Crippen LogP contribution in [0.15, 0.2) is 10.9 Å². The highest BCUT2D eigenvalue weighted by Gasteiger charge is 2.12. The SMILES string of the molecule is O=c1[nH]c(C(F)F)cc(I)c1F. The summed E-state index contributed by atoms with van der Waals surface area (Å²) in [5.74, 6) is -1.03. The van der Waals surface area contributed by atoms with E-state index in [1.807, 2.05) is 0 Å². The third kappa shape index (κ3) is 1.79. The largest absolute Gasteiger partial charge is 0.318 e. The predicted molar refractivity (Wildman–Crippen MR) is 44.7 cm³/mol. The molecule has 0 aliphatic rings. The molecule has 1 aromatic heterocycles. The van der Waals surface area contributed by atoms with Crippen LogP contribution in [-0.2, 0) is 0 Å². The van der Waals surface area contributed by atoms with Gasteiger partial charge in [0.15, 0.2) is 0 Å². The second kappa shape index (κ2) is 3.46. The summed E-state index contributed by atoms with van der Waals surface area (Å²) in [4.78, 5) is 12.3. The Morgan fingerprint density at radius 3 is 2.50 bits per heavy atom. The highest BCUT2D eigenvalue weighted by molar-refractivity contribution is 14.1. The number of aromatic nitrogens is 1. The van der Waals surface area contributed by atoms with Gasteiger partial charge in [-0.1, -0.05) is 0 Å². The van der Waals surface area contributed by atoms with Crippen LogP contribution < -0.4 is 5.56 Å². The second-order valence-electron chi connectivity index (χ2n) is 2.02. The van der Waals surface area contributed by atoms with Crippen LogP contribution in [0.5, 0.6) is 0 Å². The third-order valence-electron chi connectivity index (χ3n) is 1.18. The number of rotatable bonds is 1. The molecule has 1 rings (SSSR count). The summed E-state index contributed by atoms with van der Waals surface area (Å²) in [6.45, 7) is 0. The van der Waals surface area contributed by atoms with Gasteiger partial charge in [0, 0.05) is 0 Å². The Bertz CT molecular complexity index is 349. The van der Waals surface area contributed by atoms with E-state index >= 15 is 0 Å². The maximum atomic E-state index is 12.6. The lowest BCUT2D eigenvalue weighted by atomic mass is 10.3. The quantitative estimate of drug-likeness (QED) is 0.789. The van der Waals surface area contributed by atoms with Crippen LogP contribution in [-0.4, -0.2) is 4.98 Å². The fourth-order valence-electron chi connectivity index (χ4n) is 0.648. The number of pyridine rings is 1. The first kappa shape index (κ1) is 9.56. The highest BCUT2D eigenvalue weighted by atomic mass is 127. The Morgan fingerprint density at radius 1 is 1.50 bits per heavy atom. The monoisotopic (exact) mass is 289 g/mol. The summed E-state index contributed by atoms with van der Waals surface area (Å²) >= 11 is 1.48. The van der Waals surface area contributed by atoms with Crippen LogP contribution in [0.25, 0.3) is 0 Å². The summed E-state index contributed by atoms with van der Waals surface area (Å²) in [6.07, 6.45) is -2.79. The Hall–Kier alpha value is -0.530. The van der Waals surface area contributed by atoms with E-state index in [2.05, 4.69) is 0 Å². The Balaban J connectivity index is 3.31. The molecule has 0 aromatic carbocycles. The van der Waals surface area contributed by atoms with Gasteiger partial charge in [-0.3, -0.25) is 4.79 Å². The van der Waals surface area contributed by atoms with Gasteiger partial charge in [0.25, 0.3) is 12.0 Å². The lowest BCUT2D eigenvalue weighted by Gasteiger charge is -1.99. The van der Waals surface area contributed by atoms with Gasteiger partial charge in [0.2, 0.25) is 5.82 Å². The molecule has 0 spiro atoms. The maximum Gasteiger partial charge on any atom is 0.285 e. The molecule has 1 N–H and O–H groups in total. The molecule has 0 amide bonds. The van der Waals surface area contributed by atoms with E-state index in [9.17, 15) is 18.0 Å². The summed E-state index contributed by atoms with van der Waals surface area (Å²) in [5.41, 5.74) is -1.68. The van der Waals surface area contributed by atoms with Gasteiger partial charge in [-0.05, 0) is 28.7 Å². The van der Waals surface area contributed by atoms with Crippen molar-refractivity contribution in [3.05, 3.63) is 31.5 Å². The van der Waals surface area contributed by atoms with Gasteiger partial charge in [-0.2, -0.15) is 4.39 Å². The van der Waals surface area contributed by atoms with E-state index < -0.39 is 23.5 Å². The lowest BCUT2D eigenvalue weighted by Crippen LogP contribution is -2.14. The number of hydrogen-bond donors (Lipinski definition) is 1. The average Bonchev–Trinajstić information content (AvgIpc) is 1.99. The third-order valence-corrected chi connectivity index (χ3v) is 1.97.